The molecule has 6 heteroatoms. The predicted molar refractivity (Wildman–Crippen MR) is 100 cm³/mol. The molecule has 1 aliphatic carbocycles. The number of rotatable bonds is 6. The maximum absolute atomic E-state index is 12.0. The number of amides is 1. The Morgan fingerprint density at radius 2 is 1.73 bits per heavy atom. The van der Waals surface area contributed by atoms with E-state index in [1.54, 1.807) is 18.2 Å². The van der Waals surface area contributed by atoms with Crippen molar-refractivity contribution >= 4 is 23.4 Å². The first kappa shape index (κ1) is 17.7. The van der Waals surface area contributed by atoms with Crippen molar-refractivity contribution in [3.8, 4) is 5.75 Å². The smallest absolute Gasteiger partial charge is 0.269 e. The maximum atomic E-state index is 12.0. The van der Waals surface area contributed by atoms with Crippen molar-refractivity contribution in [2.75, 3.05) is 5.32 Å². The normalized spacial score (nSPS) is 14.5. The van der Waals surface area contributed by atoms with Gasteiger partial charge in [-0.3, -0.25) is 14.9 Å². The molecule has 0 heterocycles. The first-order chi connectivity index (χ1) is 12.6. The van der Waals surface area contributed by atoms with Gasteiger partial charge >= 0.3 is 0 Å². The zero-order valence-corrected chi connectivity index (χ0v) is 14.3. The number of non-ortho nitro benzene ring substituents is 1. The monoisotopic (exact) mass is 352 g/mol. The topological polar surface area (TPSA) is 81.5 Å². The van der Waals surface area contributed by atoms with E-state index in [2.05, 4.69) is 5.32 Å². The van der Waals surface area contributed by atoms with E-state index >= 15 is 0 Å². The van der Waals surface area contributed by atoms with Crippen LogP contribution in [0.5, 0.6) is 5.75 Å². The van der Waals surface area contributed by atoms with Crippen LogP contribution >= 0.6 is 0 Å². The molecule has 0 atom stereocenters. The van der Waals surface area contributed by atoms with Crippen LogP contribution in [0.4, 0.5) is 11.4 Å². The van der Waals surface area contributed by atoms with Crippen LogP contribution in [0.3, 0.4) is 0 Å². The zero-order chi connectivity index (χ0) is 18.4. The Kier molecular flexibility index (Phi) is 5.63. The number of hydrogen-bond acceptors (Lipinski definition) is 4. The highest BCUT2D eigenvalue weighted by atomic mass is 16.6. The average molecular weight is 352 g/mol. The van der Waals surface area contributed by atoms with Crippen LogP contribution in [-0.4, -0.2) is 16.9 Å². The minimum Gasteiger partial charge on any atom is -0.490 e. The number of benzene rings is 2. The fourth-order valence-electron chi connectivity index (χ4n) is 2.88. The number of nitro groups is 1. The maximum Gasteiger partial charge on any atom is 0.269 e. The summed E-state index contributed by atoms with van der Waals surface area (Å²) in [4.78, 5) is 22.1. The van der Waals surface area contributed by atoms with E-state index in [9.17, 15) is 14.9 Å². The molecule has 1 saturated carbocycles. The second-order valence-corrected chi connectivity index (χ2v) is 6.22. The Morgan fingerprint density at radius 1 is 1.08 bits per heavy atom. The molecular formula is C20H20N2O4. The third-order valence-corrected chi connectivity index (χ3v) is 4.26. The first-order valence-electron chi connectivity index (χ1n) is 8.60. The van der Waals surface area contributed by atoms with Crippen molar-refractivity contribution in [2.45, 2.75) is 31.8 Å². The molecule has 0 saturated heterocycles. The molecule has 0 aromatic heterocycles. The fraction of sp³-hybridized carbons (Fsp3) is 0.250. The minimum absolute atomic E-state index is 0.0199. The molecule has 1 N–H and O–H groups in total. The molecule has 0 bridgehead atoms. The van der Waals surface area contributed by atoms with Crippen molar-refractivity contribution in [1.82, 2.24) is 0 Å². The number of carbonyl (C=O) groups is 1. The summed E-state index contributed by atoms with van der Waals surface area (Å²) < 4.78 is 5.89. The SMILES string of the molecule is O=C(/C=C/c1ccc([N+](=O)[O-])cc1)Nc1ccc(OC2CCCC2)cc1. The van der Waals surface area contributed by atoms with Gasteiger partial charge in [0.05, 0.1) is 11.0 Å². The Hall–Kier alpha value is -3.15. The molecule has 0 unspecified atom stereocenters. The van der Waals surface area contributed by atoms with E-state index < -0.39 is 4.92 Å². The lowest BCUT2D eigenvalue weighted by molar-refractivity contribution is -0.384. The average Bonchev–Trinajstić information content (AvgIpc) is 3.15. The Balaban J connectivity index is 1.53. The summed E-state index contributed by atoms with van der Waals surface area (Å²) in [6.07, 6.45) is 7.96. The van der Waals surface area contributed by atoms with Crippen molar-refractivity contribution < 1.29 is 14.5 Å². The van der Waals surface area contributed by atoms with Gasteiger partial charge in [0, 0.05) is 23.9 Å². The van der Waals surface area contributed by atoms with Crippen LogP contribution in [0, 0.1) is 10.1 Å². The lowest BCUT2D eigenvalue weighted by Gasteiger charge is -2.13. The first-order valence-corrected chi connectivity index (χ1v) is 8.60. The summed E-state index contributed by atoms with van der Waals surface area (Å²) in [5, 5.41) is 13.4. The van der Waals surface area contributed by atoms with Crippen LogP contribution in [0.15, 0.2) is 54.6 Å². The number of hydrogen-bond donors (Lipinski definition) is 1. The van der Waals surface area contributed by atoms with Gasteiger partial charge in [0.1, 0.15) is 5.75 Å². The molecular weight excluding hydrogens is 332 g/mol. The van der Waals surface area contributed by atoms with Gasteiger partial charge in [-0.1, -0.05) is 0 Å². The van der Waals surface area contributed by atoms with Crippen LogP contribution in [0.25, 0.3) is 6.08 Å². The van der Waals surface area contributed by atoms with E-state index in [4.69, 9.17) is 4.74 Å². The molecule has 6 nitrogen and oxygen atoms in total. The highest BCUT2D eigenvalue weighted by Crippen LogP contribution is 2.25. The van der Waals surface area contributed by atoms with Crippen LogP contribution in [0.1, 0.15) is 31.2 Å². The van der Waals surface area contributed by atoms with Gasteiger partial charge in [0.15, 0.2) is 0 Å². The second-order valence-electron chi connectivity index (χ2n) is 6.22. The Morgan fingerprint density at radius 3 is 2.35 bits per heavy atom. The summed E-state index contributed by atoms with van der Waals surface area (Å²) in [6.45, 7) is 0. The minimum atomic E-state index is -0.458. The Bertz CT molecular complexity index is 792. The number of nitrogens with zero attached hydrogens (tertiary/aromatic N) is 1. The lowest BCUT2D eigenvalue weighted by atomic mass is 10.2. The van der Waals surface area contributed by atoms with Gasteiger partial charge in [-0.2, -0.15) is 0 Å². The van der Waals surface area contributed by atoms with Gasteiger partial charge in [-0.25, -0.2) is 0 Å². The summed E-state index contributed by atoms with van der Waals surface area (Å²) in [5.41, 5.74) is 1.42. The summed E-state index contributed by atoms with van der Waals surface area (Å²) in [7, 11) is 0. The van der Waals surface area contributed by atoms with Crippen LogP contribution in [0.2, 0.25) is 0 Å². The quantitative estimate of drug-likeness (QED) is 0.469. The highest BCUT2D eigenvalue weighted by Gasteiger charge is 2.16. The van der Waals surface area contributed by atoms with E-state index in [1.807, 2.05) is 24.3 Å². The van der Waals surface area contributed by atoms with Gasteiger partial charge in [0.2, 0.25) is 5.91 Å². The standard InChI is InChI=1S/C20H20N2O4/c23-20(14-7-15-5-10-17(11-6-15)22(24)25)21-16-8-12-19(13-9-16)26-18-3-1-2-4-18/h5-14,18H,1-4H2,(H,21,23)/b14-7+. The van der Waals surface area contributed by atoms with Gasteiger partial charge in [0.25, 0.3) is 5.69 Å². The largest absolute Gasteiger partial charge is 0.490 e. The van der Waals surface area contributed by atoms with Crippen LogP contribution in [-0.2, 0) is 4.79 Å². The molecule has 0 spiro atoms. The fourth-order valence-corrected chi connectivity index (χ4v) is 2.88. The van der Waals surface area contributed by atoms with E-state index in [0.717, 1.165) is 18.6 Å². The van der Waals surface area contributed by atoms with Crippen molar-refractivity contribution in [3.63, 3.8) is 0 Å². The molecule has 1 amide bonds. The predicted octanol–water partition coefficient (Wildman–Crippen LogP) is 4.57. The zero-order valence-electron chi connectivity index (χ0n) is 14.3. The Labute approximate surface area is 151 Å². The molecule has 26 heavy (non-hydrogen) atoms. The number of nitrogens with one attached hydrogen (secondary N) is 1. The number of carbonyl (C=O) groups excluding carboxylic acids is 1. The van der Waals surface area contributed by atoms with Gasteiger partial charge in [-0.15, -0.1) is 0 Å². The van der Waals surface area contributed by atoms with Gasteiger partial charge < -0.3 is 10.1 Å². The van der Waals surface area contributed by atoms with Gasteiger partial charge in [-0.05, 0) is 73.7 Å². The van der Waals surface area contributed by atoms with E-state index in [-0.39, 0.29) is 11.6 Å². The third kappa shape index (κ3) is 4.92. The molecule has 2 aromatic carbocycles. The molecule has 2 aromatic rings. The lowest BCUT2D eigenvalue weighted by Crippen LogP contribution is -2.11. The van der Waals surface area contributed by atoms with E-state index in [1.165, 1.54) is 31.1 Å². The molecule has 0 radical (unpaired) electrons. The van der Waals surface area contributed by atoms with Crippen molar-refractivity contribution in [2.24, 2.45) is 0 Å². The van der Waals surface area contributed by atoms with Crippen LogP contribution < -0.4 is 10.1 Å². The third-order valence-electron chi connectivity index (χ3n) is 4.26. The number of ether oxygens (including phenoxy) is 1. The summed E-state index contributed by atoms with van der Waals surface area (Å²) in [5.74, 6) is 0.545. The highest BCUT2D eigenvalue weighted by molar-refractivity contribution is 6.01. The second kappa shape index (κ2) is 8.29. The van der Waals surface area contributed by atoms with E-state index in [0.29, 0.717) is 17.4 Å². The number of anilines is 1. The molecule has 1 aliphatic rings. The molecule has 3 rings (SSSR count). The molecule has 0 aliphatic heterocycles. The van der Waals surface area contributed by atoms with Crippen molar-refractivity contribution in [3.05, 3.63) is 70.3 Å². The molecule has 134 valence electrons. The van der Waals surface area contributed by atoms with Crippen molar-refractivity contribution in [1.29, 1.82) is 0 Å². The molecule has 1 fully saturated rings. The summed E-state index contributed by atoms with van der Waals surface area (Å²) >= 11 is 0. The number of nitro benzene ring substituents is 1. The summed E-state index contributed by atoms with van der Waals surface area (Å²) in [6, 6.07) is 13.3.